The number of terminal acetylenes is 1. The van der Waals surface area contributed by atoms with Crippen LogP contribution >= 0.6 is 0 Å². The number of halogens is 1. The molecule has 0 radical (unpaired) electrons. The van der Waals surface area contributed by atoms with Crippen molar-refractivity contribution < 1.29 is 4.39 Å². The molecule has 104 valence electrons. The molecule has 2 saturated carbocycles. The number of hydrogen-bond acceptors (Lipinski definition) is 1. The summed E-state index contributed by atoms with van der Waals surface area (Å²) in [7, 11) is 0. The normalized spacial score (nSPS) is 30.1. The van der Waals surface area contributed by atoms with Gasteiger partial charge in [0, 0.05) is 5.41 Å². The van der Waals surface area contributed by atoms with Gasteiger partial charge >= 0.3 is 0 Å². The van der Waals surface area contributed by atoms with Gasteiger partial charge in [0.25, 0.3) is 0 Å². The van der Waals surface area contributed by atoms with Crippen LogP contribution in [0.4, 0.5) is 4.39 Å². The second kappa shape index (κ2) is 5.68. The van der Waals surface area contributed by atoms with Crippen LogP contribution in [0, 0.1) is 53.7 Å². The average Bonchev–Trinajstić information content (AvgIpc) is 3.12. The van der Waals surface area contributed by atoms with Gasteiger partial charge in [-0.3, -0.25) is 0 Å². The van der Waals surface area contributed by atoms with Crippen molar-refractivity contribution >= 4 is 0 Å². The zero-order valence-electron chi connectivity index (χ0n) is 12.1. The van der Waals surface area contributed by atoms with E-state index in [-0.39, 0.29) is 5.82 Å². The topological polar surface area (TPSA) is 23.8 Å². The highest BCUT2D eigenvalue weighted by Gasteiger charge is 2.54. The Kier molecular flexibility index (Phi) is 4.15. The molecule has 1 aromatic carbocycles. The minimum absolute atomic E-state index is 0.350. The Morgan fingerprint density at radius 1 is 1.30 bits per heavy atom. The van der Waals surface area contributed by atoms with Crippen molar-refractivity contribution in [2.75, 3.05) is 0 Å². The lowest BCUT2D eigenvalue weighted by Crippen LogP contribution is -2.13. The largest absolute Gasteiger partial charge is 0.207 e. The zero-order chi connectivity index (χ0) is 14.8. The lowest BCUT2D eigenvalue weighted by molar-refractivity contribution is 0.321. The number of rotatable bonds is 0. The summed E-state index contributed by atoms with van der Waals surface area (Å²) in [6, 6.07) is 6.12. The molecule has 1 aromatic rings. The molecule has 0 saturated heterocycles. The maximum Gasteiger partial charge on any atom is 0.124 e. The molecule has 0 bridgehead atoms. The van der Waals surface area contributed by atoms with Crippen molar-refractivity contribution in [1.82, 2.24) is 0 Å². The summed E-state index contributed by atoms with van der Waals surface area (Å²) in [6.45, 7) is 4.08. The number of aryl methyl sites for hydroxylation is 1. The fourth-order valence-corrected chi connectivity index (χ4v) is 3.26. The second-order valence-electron chi connectivity index (χ2n) is 6.22. The van der Waals surface area contributed by atoms with Gasteiger partial charge in [0.15, 0.2) is 0 Å². The molecule has 3 atom stereocenters. The molecule has 0 aromatic heterocycles. The van der Waals surface area contributed by atoms with Gasteiger partial charge in [-0.25, -0.2) is 4.39 Å². The third-order valence-corrected chi connectivity index (χ3v) is 4.41. The molecule has 2 heteroatoms. The third-order valence-electron chi connectivity index (χ3n) is 4.41. The maximum absolute atomic E-state index is 12.5. The summed E-state index contributed by atoms with van der Waals surface area (Å²) in [5.41, 5.74) is 1.53. The number of benzene rings is 1. The molecule has 0 spiro atoms. The lowest BCUT2D eigenvalue weighted by Gasteiger charge is -2.22. The zero-order valence-corrected chi connectivity index (χ0v) is 12.1. The molecule has 0 heterocycles. The van der Waals surface area contributed by atoms with E-state index in [4.69, 9.17) is 11.7 Å². The van der Waals surface area contributed by atoms with Crippen molar-refractivity contribution in [1.29, 1.82) is 5.26 Å². The van der Waals surface area contributed by atoms with E-state index in [1.54, 1.807) is 13.0 Å². The molecule has 2 fully saturated rings. The predicted octanol–water partition coefficient (Wildman–Crippen LogP) is 4.45. The van der Waals surface area contributed by atoms with E-state index in [9.17, 15) is 4.39 Å². The minimum Gasteiger partial charge on any atom is -0.207 e. The molecular weight excluding hydrogens is 249 g/mol. The van der Waals surface area contributed by atoms with E-state index < -0.39 is 0 Å². The SMILES string of the molecule is C#CC12CC(C)CCC1C2.Cc1cc(F)cc(C#N)c1. The second-order valence-corrected chi connectivity index (χ2v) is 6.22. The van der Waals surface area contributed by atoms with Crippen molar-refractivity contribution in [2.45, 2.75) is 39.5 Å². The van der Waals surface area contributed by atoms with Crippen LogP contribution in [0.3, 0.4) is 0 Å². The smallest absolute Gasteiger partial charge is 0.124 e. The molecule has 0 amide bonds. The van der Waals surface area contributed by atoms with E-state index in [1.807, 2.05) is 6.07 Å². The number of hydrogen-bond donors (Lipinski definition) is 0. The fourth-order valence-electron chi connectivity index (χ4n) is 3.26. The van der Waals surface area contributed by atoms with Crippen molar-refractivity contribution in [3.63, 3.8) is 0 Å². The van der Waals surface area contributed by atoms with Gasteiger partial charge in [0.2, 0.25) is 0 Å². The monoisotopic (exact) mass is 269 g/mol. The highest BCUT2D eigenvalue weighted by molar-refractivity contribution is 5.32. The Morgan fingerprint density at radius 3 is 2.60 bits per heavy atom. The number of fused-ring (bicyclic) bond motifs is 1. The summed E-state index contributed by atoms with van der Waals surface area (Å²) in [4.78, 5) is 0. The van der Waals surface area contributed by atoms with Crippen molar-refractivity contribution in [3.05, 3.63) is 35.1 Å². The van der Waals surface area contributed by atoms with Crippen molar-refractivity contribution in [3.8, 4) is 18.4 Å². The van der Waals surface area contributed by atoms with Gasteiger partial charge in [0.1, 0.15) is 5.82 Å². The number of nitriles is 1. The van der Waals surface area contributed by atoms with Gasteiger partial charge in [0.05, 0.1) is 11.6 Å². The van der Waals surface area contributed by atoms with Crippen LogP contribution in [0.15, 0.2) is 18.2 Å². The highest BCUT2D eigenvalue weighted by Crippen LogP contribution is 2.61. The van der Waals surface area contributed by atoms with Crippen LogP contribution in [0.5, 0.6) is 0 Å². The summed E-state index contributed by atoms with van der Waals surface area (Å²) in [5, 5.41) is 8.37. The van der Waals surface area contributed by atoms with Crippen molar-refractivity contribution in [2.24, 2.45) is 17.3 Å². The van der Waals surface area contributed by atoms with Gasteiger partial charge in [-0.2, -0.15) is 5.26 Å². The van der Waals surface area contributed by atoms with E-state index >= 15 is 0 Å². The van der Waals surface area contributed by atoms with E-state index in [1.165, 1.54) is 37.8 Å². The van der Waals surface area contributed by atoms with E-state index in [0.29, 0.717) is 11.0 Å². The predicted molar refractivity (Wildman–Crippen MR) is 78.2 cm³/mol. The summed E-state index contributed by atoms with van der Waals surface area (Å²) in [6.07, 6.45) is 10.9. The molecular formula is C18H20FN. The van der Waals surface area contributed by atoms with Crippen LogP contribution in [0.2, 0.25) is 0 Å². The van der Waals surface area contributed by atoms with Crippen LogP contribution in [0.25, 0.3) is 0 Å². The van der Waals surface area contributed by atoms with E-state index in [0.717, 1.165) is 17.4 Å². The van der Waals surface area contributed by atoms with Gasteiger partial charge in [-0.1, -0.05) is 19.3 Å². The minimum atomic E-state index is -0.350. The molecule has 2 aliphatic rings. The Hall–Kier alpha value is -1.80. The first-order valence-corrected chi connectivity index (χ1v) is 7.14. The quantitative estimate of drug-likeness (QED) is 0.638. The van der Waals surface area contributed by atoms with Crippen LogP contribution in [-0.2, 0) is 0 Å². The van der Waals surface area contributed by atoms with E-state index in [2.05, 4.69) is 12.8 Å². The van der Waals surface area contributed by atoms with Gasteiger partial charge < -0.3 is 0 Å². The fraction of sp³-hybridized carbons (Fsp3) is 0.500. The Bertz CT molecular complexity index is 558. The molecule has 0 N–H and O–H groups in total. The standard InChI is InChI=1S/C10H14.C8H6FN/c1-3-10-6-8(2)4-5-9(10)7-10;1-6-2-7(5-10)4-8(9)3-6/h1,8-9H,4-7H2,2H3;2-4H,1H3. The van der Waals surface area contributed by atoms with Gasteiger partial charge in [-0.15, -0.1) is 6.42 Å². The molecule has 0 aliphatic heterocycles. The average molecular weight is 269 g/mol. The molecule has 2 aliphatic carbocycles. The third kappa shape index (κ3) is 3.20. The molecule has 3 unspecified atom stereocenters. The molecule has 20 heavy (non-hydrogen) atoms. The highest BCUT2D eigenvalue weighted by atomic mass is 19.1. The van der Waals surface area contributed by atoms with Crippen LogP contribution in [0.1, 0.15) is 43.7 Å². The molecule has 3 rings (SSSR count). The van der Waals surface area contributed by atoms with Gasteiger partial charge in [-0.05, 0) is 61.8 Å². The van der Waals surface area contributed by atoms with Crippen LogP contribution < -0.4 is 0 Å². The molecule has 1 nitrogen and oxygen atoms in total. The first-order valence-electron chi connectivity index (χ1n) is 7.14. The van der Waals surface area contributed by atoms with Crippen LogP contribution in [-0.4, -0.2) is 0 Å². The Labute approximate surface area is 120 Å². The maximum atomic E-state index is 12.5. The first-order chi connectivity index (χ1) is 9.49. The lowest BCUT2D eigenvalue weighted by atomic mass is 9.82. The summed E-state index contributed by atoms with van der Waals surface area (Å²) < 4.78 is 12.5. The first kappa shape index (κ1) is 14.6. The summed E-state index contributed by atoms with van der Waals surface area (Å²) >= 11 is 0. The Balaban J connectivity index is 0.000000147. The number of nitrogens with zero attached hydrogens (tertiary/aromatic N) is 1. The summed E-state index contributed by atoms with van der Waals surface area (Å²) in [5.74, 6) is 4.43. The Morgan fingerprint density at radius 2 is 2.05 bits per heavy atom.